The largest absolute Gasteiger partial charge is 0.324 e. The maximum Gasteiger partial charge on any atom is 0.324 e. The Morgan fingerprint density at radius 1 is 1.77 bits per heavy atom. The number of terminal acetylenes is 1. The minimum absolute atomic E-state index is 0.232. The van der Waals surface area contributed by atoms with Crippen LogP contribution in [-0.4, -0.2) is 28.9 Å². The maximum atomic E-state index is 11.3. The van der Waals surface area contributed by atoms with E-state index in [4.69, 9.17) is 11.8 Å². The Labute approximate surface area is 77.8 Å². The predicted molar refractivity (Wildman–Crippen MR) is 50.5 cm³/mol. The lowest BCUT2D eigenvalue weighted by Gasteiger charge is -2.30. The lowest BCUT2D eigenvalue weighted by Crippen LogP contribution is -2.46. The Bertz CT molecular complexity index is 292. The van der Waals surface area contributed by atoms with Crippen LogP contribution >= 0.6 is 0 Å². The van der Waals surface area contributed by atoms with Crippen molar-refractivity contribution in [3.63, 3.8) is 0 Å². The Morgan fingerprint density at radius 2 is 2.38 bits per heavy atom. The molecule has 4 heteroatoms. The van der Waals surface area contributed by atoms with Gasteiger partial charge >= 0.3 is 6.03 Å². The van der Waals surface area contributed by atoms with Crippen molar-refractivity contribution in [2.24, 2.45) is 0 Å². The molecule has 2 N–H and O–H groups in total. The fourth-order valence-corrected chi connectivity index (χ4v) is 1.37. The van der Waals surface area contributed by atoms with Crippen LogP contribution in [0.15, 0.2) is 0 Å². The normalized spacial score (nSPS) is 27.3. The van der Waals surface area contributed by atoms with E-state index < -0.39 is 5.54 Å². The van der Waals surface area contributed by atoms with E-state index in [1.54, 1.807) is 0 Å². The zero-order chi connectivity index (χ0) is 10.1. The molecule has 2 amide bonds. The van der Waals surface area contributed by atoms with E-state index in [9.17, 15) is 4.79 Å². The summed E-state index contributed by atoms with van der Waals surface area (Å²) >= 11 is 0. The second-order valence-corrected chi connectivity index (χ2v) is 3.22. The van der Waals surface area contributed by atoms with Crippen molar-refractivity contribution >= 4 is 11.9 Å². The molecule has 0 radical (unpaired) electrons. The highest BCUT2D eigenvalue weighted by Gasteiger charge is 2.44. The Hall–Kier alpha value is -1.50. The molecule has 13 heavy (non-hydrogen) atoms. The maximum absolute atomic E-state index is 11.3. The van der Waals surface area contributed by atoms with E-state index in [-0.39, 0.29) is 18.4 Å². The molecule has 0 aromatic rings. The van der Waals surface area contributed by atoms with Crippen molar-refractivity contribution in [1.29, 1.82) is 5.41 Å². The van der Waals surface area contributed by atoms with Crippen LogP contribution in [0.25, 0.3) is 0 Å². The number of urea groups is 1. The number of carbonyl (C=O) groups is 1. The van der Waals surface area contributed by atoms with Gasteiger partial charge in [0.05, 0.1) is 12.1 Å². The number of rotatable bonds is 2. The molecule has 0 aromatic carbocycles. The molecule has 1 heterocycles. The molecule has 1 atom stereocenters. The summed E-state index contributed by atoms with van der Waals surface area (Å²) in [6.45, 7) is 4.02. The Kier molecular flexibility index (Phi) is 2.28. The molecule has 0 aromatic heterocycles. The smallest absolute Gasteiger partial charge is 0.301 e. The van der Waals surface area contributed by atoms with Crippen molar-refractivity contribution in [1.82, 2.24) is 10.2 Å². The van der Waals surface area contributed by atoms with Gasteiger partial charge in [-0.05, 0) is 13.3 Å². The third-order valence-electron chi connectivity index (χ3n) is 2.55. The summed E-state index contributed by atoms with van der Waals surface area (Å²) in [5.41, 5.74) is -0.552. The molecule has 1 fully saturated rings. The summed E-state index contributed by atoms with van der Waals surface area (Å²) in [5, 5.41) is 10.1. The minimum Gasteiger partial charge on any atom is -0.301 e. The van der Waals surface area contributed by atoms with Gasteiger partial charge in [0.15, 0.2) is 0 Å². The van der Waals surface area contributed by atoms with Gasteiger partial charge in [-0.25, -0.2) is 4.79 Å². The highest BCUT2D eigenvalue weighted by atomic mass is 16.2. The number of hydrogen-bond acceptors (Lipinski definition) is 2. The number of carbonyl (C=O) groups excluding carboxylic acids is 1. The molecule has 1 aliphatic heterocycles. The first-order chi connectivity index (χ1) is 6.06. The lowest BCUT2D eigenvalue weighted by molar-refractivity contribution is 0.188. The molecule has 70 valence electrons. The van der Waals surface area contributed by atoms with Crippen molar-refractivity contribution in [3.8, 4) is 12.3 Å². The highest BCUT2D eigenvalue weighted by molar-refractivity contribution is 6.08. The molecule has 4 nitrogen and oxygen atoms in total. The first-order valence-electron chi connectivity index (χ1n) is 4.17. The van der Waals surface area contributed by atoms with Crippen molar-refractivity contribution in [2.45, 2.75) is 25.8 Å². The van der Waals surface area contributed by atoms with Gasteiger partial charge in [-0.3, -0.25) is 10.7 Å². The first kappa shape index (κ1) is 9.59. The van der Waals surface area contributed by atoms with Crippen LogP contribution in [0, 0.1) is 17.8 Å². The number of amidine groups is 1. The summed E-state index contributed by atoms with van der Waals surface area (Å²) in [6, 6.07) is -0.271. The zero-order valence-corrected chi connectivity index (χ0v) is 7.85. The summed E-state index contributed by atoms with van der Waals surface area (Å²) in [4.78, 5) is 12.8. The molecule has 0 saturated carbocycles. The monoisotopic (exact) mass is 179 g/mol. The third kappa shape index (κ3) is 1.26. The van der Waals surface area contributed by atoms with Gasteiger partial charge in [-0.15, -0.1) is 6.42 Å². The van der Waals surface area contributed by atoms with E-state index >= 15 is 0 Å². The fourth-order valence-electron chi connectivity index (χ4n) is 1.37. The first-order valence-corrected chi connectivity index (χ1v) is 4.17. The van der Waals surface area contributed by atoms with E-state index in [1.165, 1.54) is 4.90 Å². The summed E-state index contributed by atoms with van der Waals surface area (Å²) in [6.07, 6.45) is 5.84. The molecule has 1 rings (SSSR count). The number of nitrogens with one attached hydrogen (secondary N) is 2. The van der Waals surface area contributed by atoms with Crippen LogP contribution in [0.1, 0.15) is 20.3 Å². The van der Waals surface area contributed by atoms with Gasteiger partial charge in [-0.2, -0.15) is 0 Å². The lowest BCUT2D eigenvalue weighted by atomic mass is 9.97. The third-order valence-corrected chi connectivity index (χ3v) is 2.55. The topological polar surface area (TPSA) is 56.2 Å². The average Bonchev–Trinajstić information content (AvgIpc) is 2.31. The van der Waals surface area contributed by atoms with Crippen LogP contribution in [0.3, 0.4) is 0 Å². The second-order valence-electron chi connectivity index (χ2n) is 3.22. The van der Waals surface area contributed by atoms with Crippen LogP contribution in [0.5, 0.6) is 0 Å². The Morgan fingerprint density at radius 3 is 2.85 bits per heavy atom. The molecule has 0 aliphatic carbocycles. The van der Waals surface area contributed by atoms with Crippen LogP contribution < -0.4 is 5.32 Å². The van der Waals surface area contributed by atoms with Gasteiger partial charge in [0.1, 0.15) is 5.84 Å². The van der Waals surface area contributed by atoms with Crippen molar-refractivity contribution in [3.05, 3.63) is 0 Å². The van der Waals surface area contributed by atoms with Gasteiger partial charge < -0.3 is 4.90 Å². The van der Waals surface area contributed by atoms with Crippen LogP contribution in [0.4, 0.5) is 4.79 Å². The molecule has 0 spiro atoms. The van der Waals surface area contributed by atoms with Gasteiger partial charge in [0.2, 0.25) is 0 Å². The standard InChI is InChI=1S/C9H13N3O/c1-4-6-12-8(13)11-7(10)9(12,3)5-2/h1H,5-6H2,2-3H3,(H2,10,11,13). The van der Waals surface area contributed by atoms with Gasteiger partial charge in [-0.1, -0.05) is 12.8 Å². The Balaban J connectivity index is 2.97. The summed E-state index contributed by atoms with van der Waals surface area (Å²) in [5.74, 6) is 2.65. The fraction of sp³-hybridized carbons (Fsp3) is 0.556. The van der Waals surface area contributed by atoms with Crippen molar-refractivity contribution < 1.29 is 4.79 Å². The van der Waals surface area contributed by atoms with E-state index in [2.05, 4.69) is 11.2 Å². The molecule has 1 saturated heterocycles. The van der Waals surface area contributed by atoms with E-state index in [0.29, 0.717) is 6.42 Å². The van der Waals surface area contributed by atoms with E-state index in [0.717, 1.165) is 0 Å². The van der Waals surface area contributed by atoms with Crippen LogP contribution in [-0.2, 0) is 0 Å². The molecular formula is C9H13N3O. The van der Waals surface area contributed by atoms with E-state index in [1.807, 2.05) is 13.8 Å². The molecule has 0 bridgehead atoms. The molecule has 1 unspecified atom stereocenters. The number of amides is 2. The zero-order valence-electron chi connectivity index (χ0n) is 7.85. The number of nitrogens with zero attached hydrogens (tertiary/aromatic N) is 1. The number of hydrogen-bond donors (Lipinski definition) is 2. The quantitative estimate of drug-likeness (QED) is 0.605. The summed E-state index contributed by atoms with van der Waals surface area (Å²) in [7, 11) is 0. The van der Waals surface area contributed by atoms with Gasteiger partial charge in [0.25, 0.3) is 0 Å². The van der Waals surface area contributed by atoms with Crippen molar-refractivity contribution in [2.75, 3.05) is 6.54 Å². The van der Waals surface area contributed by atoms with Crippen LogP contribution in [0.2, 0.25) is 0 Å². The minimum atomic E-state index is -0.552. The highest BCUT2D eigenvalue weighted by Crippen LogP contribution is 2.24. The average molecular weight is 179 g/mol. The van der Waals surface area contributed by atoms with Gasteiger partial charge in [0, 0.05) is 0 Å². The second kappa shape index (κ2) is 3.09. The summed E-state index contributed by atoms with van der Waals surface area (Å²) < 4.78 is 0. The SMILES string of the molecule is C#CCN1C(=O)NC(=N)C1(C)CC. The molecule has 1 aliphatic rings. The molecular weight excluding hydrogens is 166 g/mol. The predicted octanol–water partition coefficient (Wildman–Crippen LogP) is 0.791.